The third kappa shape index (κ3) is 2.63. The van der Waals surface area contributed by atoms with Crippen molar-refractivity contribution in [3.63, 3.8) is 0 Å². The number of hydrazone groups is 1. The lowest BCUT2D eigenvalue weighted by Gasteiger charge is -2.17. The van der Waals surface area contributed by atoms with Crippen LogP contribution in [0.15, 0.2) is 65.8 Å². The Hall–Kier alpha value is -2.53. The molecule has 1 atom stereocenters. The van der Waals surface area contributed by atoms with Crippen LogP contribution in [-0.4, -0.2) is 34.2 Å². The van der Waals surface area contributed by atoms with Crippen molar-refractivity contribution in [3.8, 4) is 0 Å². The first kappa shape index (κ1) is 14.4. The molecule has 1 fully saturated rings. The minimum Gasteiger partial charge on any atom is -0.334 e. The molecular formula is C17H15N3OS. The second-order valence-electron chi connectivity index (χ2n) is 5.01. The number of amides is 1. The molecule has 0 radical (unpaired) electrons. The van der Waals surface area contributed by atoms with E-state index in [1.165, 1.54) is 5.01 Å². The van der Waals surface area contributed by atoms with Crippen molar-refractivity contribution in [1.29, 1.82) is 0 Å². The van der Waals surface area contributed by atoms with E-state index in [4.69, 9.17) is 12.2 Å². The van der Waals surface area contributed by atoms with Crippen molar-refractivity contribution in [2.75, 3.05) is 7.05 Å². The fourth-order valence-corrected chi connectivity index (χ4v) is 2.65. The van der Waals surface area contributed by atoms with E-state index in [2.05, 4.69) is 5.10 Å². The lowest BCUT2D eigenvalue weighted by molar-refractivity contribution is -0.128. The number of thiocarbonyl (C=S) groups is 1. The molecule has 1 saturated heterocycles. The Morgan fingerprint density at radius 1 is 1.05 bits per heavy atom. The number of hydrogen-bond donors (Lipinski definition) is 0. The third-order valence-corrected chi connectivity index (χ3v) is 4.01. The standard InChI is InChI=1S/C17H15N3OS/c1-19-15(14-10-6-3-7-11-14)16(21)20(17(19)22)18-12-13-8-4-2-5-9-13/h2-12,15H,1H3. The fraction of sp³-hybridized carbons (Fsp3) is 0.118. The van der Waals surface area contributed by atoms with Gasteiger partial charge in [0, 0.05) is 7.05 Å². The average Bonchev–Trinajstić information content (AvgIpc) is 2.77. The van der Waals surface area contributed by atoms with Crippen LogP contribution in [0.3, 0.4) is 0 Å². The number of benzene rings is 2. The molecule has 22 heavy (non-hydrogen) atoms. The van der Waals surface area contributed by atoms with Gasteiger partial charge >= 0.3 is 0 Å². The first-order valence-electron chi connectivity index (χ1n) is 6.93. The van der Waals surface area contributed by atoms with Gasteiger partial charge in [-0.1, -0.05) is 60.7 Å². The number of carbonyl (C=O) groups is 1. The number of hydrogen-bond acceptors (Lipinski definition) is 3. The molecule has 2 aromatic rings. The SMILES string of the molecule is CN1C(=S)N(N=Cc2ccccc2)C(=O)C1c1ccccc1. The van der Waals surface area contributed by atoms with Crippen molar-refractivity contribution < 1.29 is 4.79 Å². The Balaban J connectivity index is 1.86. The van der Waals surface area contributed by atoms with Crippen LogP contribution < -0.4 is 0 Å². The van der Waals surface area contributed by atoms with Gasteiger partial charge in [-0.3, -0.25) is 4.79 Å². The molecule has 0 aliphatic carbocycles. The third-order valence-electron chi connectivity index (χ3n) is 3.55. The van der Waals surface area contributed by atoms with Crippen LogP contribution >= 0.6 is 12.2 Å². The molecule has 1 aliphatic heterocycles. The van der Waals surface area contributed by atoms with E-state index in [1.54, 1.807) is 11.1 Å². The maximum atomic E-state index is 12.6. The van der Waals surface area contributed by atoms with Crippen molar-refractivity contribution in [2.45, 2.75) is 6.04 Å². The van der Waals surface area contributed by atoms with Gasteiger partial charge in [0.05, 0.1) is 6.21 Å². The average molecular weight is 309 g/mol. The first-order valence-corrected chi connectivity index (χ1v) is 7.34. The summed E-state index contributed by atoms with van der Waals surface area (Å²) in [5.41, 5.74) is 1.83. The van der Waals surface area contributed by atoms with Gasteiger partial charge in [0.1, 0.15) is 6.04 Å². The summed E-state index contributed by atoms with van der Waals surface area (Å²) in [4.78, 5) is 14.4. The summed E-state index contributed by atoms with van der Waals surface area (Å²) in [6.45, 7) is 0. The highest BCUT2D eigenvalue weighted by Crippen LogP contribution is 2.29. The van der Waals surface area contributed by atoms with Crippen LogP contribution in [-0.2, 0) is 4.79 Å². The van der Waals surface area contributed by atoms with Crippen LogP contribution in [0.4, 0.5) is 0 Å². The lowest BCUT2D eigenvalue weighted by atomic mass is 10.1. The predicted molar refractivity (Wildman–Crippen MR) is 90.4 cm³/mol. The molecule has 0 bridgehead atoms. The Labute approximate surface area is 134 Å². The topological polar surface area (TPSA) is 35.9 Å². The molecule has 1 amide bonds. The van der Waals surface area contributed by atoms with Crippen molar-refractivity contribution in [3.05, 3.63) is 71.8 Å². The number of carbonyl (C=O) groups excluding carboxylic acids is 1. The number of nitrogens with zero attached hydrogens (tertiary/aromatic N) is 3. The van der Waals surface area contributed by atoms with Gasteiger partial charge in [0.2, 0.25) is 5.11 Å². The van der Waals surface area contributed by atoms with E-state index < -0.39 is 6.04 Å². The van der Waals surface area contributed by atoms with Crippen LogP contribution in [0.1, 0.15) is 17.2 Å². The van der Waals surface area contributed by atoms with Gasteiger partial charge in [-0.15, -0.1) is 0 Å². The van der Waals surface area contributed by atoms with Crippen LogP contribution in [0.5, 0.6) is 0 Å². The number of likely N-dealkylation sites (N-methyl/N-ethyl adjacent to an activating group) is 1. The van der Waals surface area contributed by atoms with E-state index in [9.17, 15) is 4.79 Å². The summed E-state index contributed by atoms with van der Waals surface area (Å²) < 4.78 is 0. The van der Waals surface area contributed by atoms with Crippen molar-refractivity contribution in [1.82, 2.24) is 9.91 Å². The second kappa shape index (κ2) is 6.07. The normalized spacial score (nSPS) is 18.5. The van der Waals surface area contributed by atoms with Gasteiger partial charge in [-0.05, 0) is 23.3 Å². The van der Waals surface area contributed by atoms with E-state index in [1.807, 2.05) is 67.7 Å². The molecule has 0 aromatic heterocycles. The zero-order valence-corrected chi connectivity index (χ0v) is 12.9. The Morgan fingerprint density at radius 3 is 2.27 bits per heavy atom. The molecule has 0 saturated carbocycles. The molecule has 0 N–H and O–H groups in total. The quantitative estimate of drug-likeness (QED) is 0.646. The summed E-state index contributed by atoms with van der Waals surface area (Å²) in [7, 11) is 1.82. The molecule has 1 aliphatic rings. The summed E-state index contributed by atoms with van der Waals surface area (Å²) in [5, 5.41) is 5.96. The maximum Gasteiger partial charge on any atom is 0.276 e. The van der Waals surface area contributed by atoms with Crippen LogP contribution in [0, 0.1) is 0 Å². The highest BCUT2D eigenvalue weighted by Gasteiger charge is 2.41. The van der Waals surface area contributed by atoms with Crippen LogP contribution in [0.2, 0.25) is 0 Å². The predicted octanol–water partition coefficient (Wildman–Crippen LogP) is 2.82. The first-order chi connectivity index (χ1) is 10.7. The van der Waals surface area contributed by atoms with E-state index in [0.717, 1.165) is 11.1 Å². The molecule has 1 unspecified atom stereocenters. The summed E-state index contributed by atoms with van der Waals surface area (Å²) in [6.07, 6.45) is 1.64. The molecule has 4 nitrogen and oxygen atoms in total. The highest BCUT2D eigenvalue weighted by molar-refractivity contribution is 7.80. The van der Waals surface area contributed by atoms with Gasteiger partial charge in [-0.25, -0.2) is 0 Å². The number of rotatable bonds is 3. The molecule has 110 valence electrons. The zero-order chi connectivity index (χ0) is 15.5. The van der Waals surface area contributed by atoms with Crippen LogP contribution in [0.25, 0.3) is 0 Å². The summed E-state index contributed by atoms with van der Waals surface area (Å²) in [5.74, 6) is -0.133. The van der Waals surface area contributed by atoms with Gasteiger partial charge in [0.25, 0.3) is 5.91 Å². The Bertz CT molecular complexity index is 715. The lowest BCUT2D eigenvalue weighted by Crippen LogP contribution is -2.26. The maximum absolute atomic E-state index is 12.6. The van der Waals surface area contributed by atoms with Gasteiger partial charge in [0.15, 0.2) is 0 Å². The smallest absolute Gasteiger partial charge is 0.276 e. The summed E-state index contributed by atoms with van der Waals surface area (Å²) in [6, 6.07) is 18.8. The Morgan fingerprint density at radius 2 is 1.64 bits per heavy atom. The minimum absolute atomic E-state index is 0.133. The molecule has 0 spiro atoms. The minimum atomic E-state index is -0.415. The summed E-state index contributed by atoms with van der Waals surface area (Å²) >= 11 is 5.35. The van der Waals surface area contributed by atoms with Gasteiger partial charge in [-0.2, -0.15) is 10.1 Å². The monoisotopic (exact) mass is 309 g/mol. The molecule has 3 rings (SSSR count). The fourth-order valence-electron chi connectivity index (χ4n) is 2.41. The van der Waals surface area contributed by atoms with Crippen molar-refractivity contribution in [2.24, 2.45) is 5.10 Å². The van der Waals surface area contributed by atoms with Gasteiger partial charge < -0.3 is 4.90 Å². The molecule has 1 heterocycles. The molecular weight excluding hydrogens is 294 g/mol. The molecule has 5 heteroatoms. The molecule has 2 aromatic carbocycles. The zero-order valence-electron chi connectivity index (χ0n) is 12.1. The van der Waals surface area contributed by atoms with E-state index >= 15 is 0 Å². The Kier molecular flexibility index (Phi) is 3.98. The van der Waals surface area contributed by atoms with E-state index in [-0.39, 0.29) is 5.91 Å². The highest BCUT2D eigenvalue weighted by atomic mass is 32.1. The largest absolute Gasteiger partial charge is 0.334 e. The van der Waals surface area contributed by atoms with E-state index in [0.29, 0.717) is 5.11 Å². The van der Waals surface area contributed by atoms with Crippen molar-refractivity contribution >= 4 is 29.5 Å². The second-order valence-corrected chi connectivity index (χ2v) is 5.38.